The number of carboxylic acid groups (broad SMARTS) is 1. The van der Waals surface area contributed by atoms with E-state index in [1.54, 1.807) is 6.08 Å². The van der Waals surface area contributed by atoms with Gasteiger partial charge >= 0.3 is 5.97 Å². The lowest BCUT2D eigenvalue weighted by molar-refractivity contribution is -0.131. The molecule has 0 spiro atoms. The third-order valence-electron chi connectivity index (χ3n) is 2.53. The summed E-state index contributed by atoms with van der Waals surface area (Å²) in [7, 11) is 0. The van der Waals surface area contributed by atoms with Gasteiger partial charge in [-0.05, 0) is 18.8 Å². The fourth-order valence-corrected chi connectivity index (χ4v) is 1.32. The molecule has 0 saturated carbocycles. The van der Waals surface area contributed by atoms with Crippen LogP contribution in [0.4, 0.5) is 0 Å². The van der Waals surface area contributed by atoms with Crippen LogP contribution in [0.2, 0.25) is 0 Å². The summed E-state index contributed by atoms with van der Waals surface area (Å²) in [5.74, 6) is -0.00540. The normalized spacial score (nSPS) is 13.3. The average Bonchev–Trinajstić information content (AvgIpc) is 2.15. The van der Waals surface area contributed by atoms with E-state index in [0.717, 1.165) is 18.8 Å². The number of allylic oxidation sites excluding steroid dienone is 1. The van der Waals surface area contributed by atoms with Crippen molar-refractivity contribution < 1.29 is 9.90 Å². The third-order valence-corrected chi connectivity index (χ3v) is 2.53. The second kappa shape index (κ2) is 8.79. The maximum absolute atomic E-state index is 10.1. The largest absolute Gasteiger partial charge is 0.478 e. The van der Waals surface area contributed by atoms with E-state index in [9.17, 15) is 4.79 Å². The summed E-state index contributed by atoms with van der Waals surface area (Å²) in [6.07, 6.45) is 10.0. The zero-order valence-electron chi connectivity index (χ0n) is 9.33. The lowest BCUT2D eigenvalue weighted by Crippen LogP contribution is -1.91. The van der Waals surface area contributed by atoms with Crippen LogP contribution in [-0.2, 0) is 4.79 Å². The molecule has 0 aromatic heterocycles. The highest BCUT2D eigenvalue weighted by Gasteiger charge is 1.97. The molecule has 0 rings (SSSR count). The van der Waals surface area contributed by atoms with Gasteiger partial charge in [0.1, 0.15) is 0 Å². The lowest BCUT2D eigenvalue weighted by Gasteiger charge is -2.06. The maximum atomic E-state index is 10.1. The van der Waals surface area contributed by atoms with Crippen LogP contribution in [0.15, 0.2) is 12.2 Å². The first-order valence-corrected chi connectivity index (χ1v) is 5.56. The number of hydrogen-bond donors (Lipinski definition) is 1. The molecule has 0 amide bonds. The Balaban J connectivity index is 3.18. The number of carboxylic acids is 1. The topological polar surface area (TPSA) is 37.3 Å². The van der Waals surface area contributed by atoms with Crippen molar-refractivity contribution in [2.75, 3.05) is 0 Å². The van der Waals surface area contributed by atoms with Gasteiger partial charge in [0.2, 0.25) is 0 Å². The van der Waals surface area contributed by atoms with Gasteiger partial charge in [-0.2, -0.15) is 0 Å². The summed E-state index contributed by atoms with van der Waals surface area (Å²) in [5.41, 5.74) is 0. The van der Waals surface area contributed by atoms with Gasteiger partial charge in [0, 0.05) is 6.08 Å². The number of aliphatic carboxylic acids is 1. The van der Waals surface area contributed by atoms with Crippen molar-refractivity contribution in [2.24, 2.45) is 5.92 Å². The Morgan fingerprint density at radius 2 is 2.07 bits per heavy atom. The number of unbranched alkanes of at least 4 members (excludes halogenated alkanes) is 3. The summed E-state index contributed by atoms with van der Waals surface area (Å²) in [6, 6.07) is 0. The molecule has 1 atom stereocenters. The maximum Gasteiger partial charge on any atom is 0.327 e. The van der Waals surface area contributed by atoms with E-state index in [0.29, 0.717) is 0 Å². The summed E-state index contributed by atoms with van der Waals surface area (Å²) >= 11 is 0. The van der Waals surface area contributed by atoms with Crippen LogP contribution >= 0.6 is 0 Å². The number of rotatable bonds is 8. The molecule has 0 aromatic carbocycles. The van der Waals surface area contributed by atoms with Crippen molar-refractivity contribution >= 4 is 5.97 Å². The lowest BCUT2D eigenvalue weighted by atomic mass is 10.0. The first kappa shape index (κ1) is 13.2. The molecule has 82 valence electrons. The van der Waals surface area contributed by atoms with Crippen LogP contribution in [0, 0.1) is 5.92 Å². The van der Waals surface area contributed by atoms with Crippen molar-refractivity contribution in [1.82, 2.24) is 0 Å². The highest BCUT2D eigenvalue weighted by molar-refractivity contribution is 5.79. The van der Waals surface area contributed by atoms with Gasteiger partial charge in [0.15, 0.2) is 0 Å². The smallest absolute Gasteiger partial charge is 0.327 e. The van der Waals surface area contributed by atoms with E-state index in [4.69, 9.17) is 5.11 Å². The minimum absolute atomic E-state index is 0.838. The van der Waals surface area contributed by atoms with E-state index in [2.05, 4.69) is 13.8 Å². The van der Waals surface area contributed by atoms with Crippen LogP contribution in [0.1, 0.15) is 52.4 Å². The second-order valence-electron chi connectivity index (χ2n) is 3.89. The monoisotopic (exact) mass is 198 g/mol. The Labute approximate surface area is 87.0 Å². The highest BCUT2D eigenvalue weighted by Crippen LogP contribution is 2.12. The first-order chi connectivity index (χ1) is 6.66. The molecule has 1 N–H and O–H groups in total. The molecule has 2 nitrogen and oxygen atoms in total. The molecule has 0 heterocycles. The van der Waals surface area contributed by atoms with Crippen molar-refractivity contribution in [2.45, 2.75) is 52.4 Å². The molecule has 0 saturated heterocycles. The molecular weight excluding hydrogens is 176 g/mol. The van der Waals surface area contributed by atoms with E-state index in [-0.39, 0.29) is 0 Å². The summed E-state index contributed by atoms with van der Waals surface area (Å²) in [5, 5.41) is 8.33. The average molecular weight is 198 g/mol. The van der Waals surface area contributed by atoms with Gasteiger partial charge in [-0.25, -0.2) is 4.79 Å². The molecule has 0 aliphatic heterocycles. The van der Waals surface area contributed by atoms with Gasteiger partial charge in [-0.1, -0.05) is 45.6 Å². The molecule has 0 aromatic rings. The summed E-state index contributed by atoms with van der Waals surface area (Å²) < 4.78 is 0. The Morgan fingerprint density at radius 1 is 1.36 bits per heavy atom. The van der Waals surface area contributed by atoms with Crippen LogP contribution in [0.3, 0.4) is 0 Å². The third kappa shape index (κ3) is 9.30. The van der Waals surface area contributed by atoms with E-state index < -0.39 is 5.97 Å². The second-order valence-corrected chi connectivity index (χ2v) is 3.89. The fraction of sp³-hybridized carbons (Fsp3) is 0.750. The number of hydrogen-bond acceptors (Lipinski definition) is 1. The quantitative estimate of drug-likeness (QED) is 0.477. The van der Waals surface area contributed by atoms with E-state index in [1.807, 2.05) is 0 Å². The van der Waals surface area contributed by atoms with Gasteiger partial charge in [-0.3, -0.25) is 0 Å². The summed E-state index contributed by atoms with van der Waals surface area (Å²) in [6.45, 7) is 4.50. The van der Waals surface area contributed by atoms with Crippen LogP contribution in [-0.4, -0.2) is 11.1 Å². The molecule has 1 unspecified atom stereocenters. The van der Waals surface area contributed by atoms with Crippen LogP contribution in [0.5, 0.6) is 0 Å². The number of carbonyl (C=O) groups is 1. The van der Waals surface area contributed by atoms with E-state index >= 15 is 0 Å². The minimum atomic E-state index is -0.843. The molecule has 0 aliphatic carbocycles. The molecule has 0 bridgehead atoms. The van der Waals surface area contributed by atoms with Crippen molar-refractivity contribution in [3.8, 4) is 0 Å². The van der Waals surface area contributed by atoms with Gasteiger partial charge in [0.25, 0.3) is 0 Å². The highest BCUT2D eigenvalue weighted by atomic mass is 16.4. The summed E-state index contributed by atoms with van der Waals surface area (Å²) in [4.78, 5) is 10.1. The molecule has 0 aliphatic rings. The molecule has 14 heavy (non-hydrogen) atoms. The SMILES string of the molecule is CCC(C)CCCCCC=CC(=O)O. The standard InChI is InChI=1S/C12H22O2/c1-3-11(2)9-7-5-4-6-8-10-12(13)14/h8,10-11H,3-7,9H2,1-2H3,(H,13,14). The fourth-order valence-electron chi connectivity index (χ4n) is 1.32. The van der Waals surface area contributed by atoms with Crippen molar-refractivity contribution in [1.29, 1.82) is 0 Å². The van der Waals surface area contributed by atoms with Crippen molar-refractivity contribution in [3.05, 3.63) is 12.2 Å². The predicted molar refractivity (Wildman–Crippen MR) is 59.3 cm³/mol. The van der Waals surface area contributed by atoms with Gasteiger partial charge in [0.05, 0.1) is 0 Å². The minimum Gasteiger partial charge on any atom is -0.478 e. The Bertz CT molecular complexity index is 173. The Kier molecular flexibility index (Phi) is 8.30. The Hall–Kier alpha value is -0.790. The molecule has 0 fully saturated rings. The van der Waals surface area contributed by atoms with Gasteiger partial charge in [-0.15, -0.1) is 0 Å². The molecule has 2 heteroatoms. The zero-order valence-corrected chi connectivity index (χ0v) is 9.33. The molecular formula is C12H22O2. The zero-order chi connectivity index (χ0) is 10.8. The predicted octanol–water partition coefficient (Wildman–Crippen LogP) is 3.62. The Morgan fingerprint density at radius 3 is 2.64 bits per heavy atom. The van der Waals surface area contributed by atoms with Crippen LogP contribution < -0.4 is 0 Å². The first-order valence-electron chi connectivity index (χ1n) is 5.56. The van der Waals surface area contributed by atoms with Crippen LogP contribution in [0.25, 0.3) is 0 Å². The van der Waals surface area contributed by atoms with Gasteiger partial charge < -0.3 is 5.11 Å². The molecule has 0 radical (unpaired) electrons. The van der Waals surface area contributed by atoms with Crippen molar-refractivity contribution in [3.63, 3.8) is 0 Å². The van der Waals surface area contributed by atoms with E-state index in [1.165, 1.54) is 31.8 Å².